The Bertz CT molecular complexity index is 522. The van der Waals surface area contributed by atoms with Gasteiger partial charge >= 0.3 is 0 Å². The largest absolute Gasteiger partial charge is 0.338 e. The predicted molar refractivity (Wildman–Crippen MR) is 81.5 cm³/mol. The summed E-state index contributed by atoms with van der Waals surface area (Å²) in [6.07, 6.45) is 1.05. The van der Waals surface area contributed by atoms with Crippen LogP contribution in [0.15, 0.2) is 12.3 Å². The van der Waals surface area contributed by atoms with E-state index in [-0.39, 0.29) is 34.1 Å². The summed E-state index contributed by atoms with van der Waals surface area (Å²) in [5.41, 5.74) is -0.163. The van der Waals surface area contributed by atoms with Crippen LogP contribution in [0.1, 0.15) is 38.1 Å². The van der Waals surface area contributed by atoms with Crippen molar-refractivity contribution in [1.82, 2.24) is 9.88 Å². The number of carbonyl (C=O) groups is 1. The molecule has 0 fully saturated rings. The fourth-order valence-corrected chi connectivity index (χ4v) is 2.16. The molecule has 0 saturated carbocycles. The quantitative estimate of drug-likeness (QED) is 0.458. The van der Waals surface area contributed by atoms with Gasteiger partial charge in [-0.3, -0.25) is 14.9 Å². The molecule has 0 saturated heterocycles. The third-order valence-electron chi connectivity index (χ3n) is 2.72. The Labute approximate surface area is 129 Å². The maximum Gasteiger partial charge on any atom is 0.288 e. The highest BCUT2D eigenvalue weighted by Gasteiger charge is 2.23. The number of aromatic nitrogens is 1. The highest BCUT2D eigenvalue weighted by Crippen LogP contribution is 2.21. The van der Waals surface area contributed by atoms with Gasteiger partial charge in [0.05, 0.1) is 10.5 Å². The summed E-state index contributed by atoms with van der Waals surface area (Å²) in [5.74, 6) is 0.259. The number of amides is 1. The lowest BCUT2D eigenvalue weighted by Gasteiger charge is -2.26. The van der Waals surface area contributed by atoms with Gasteiger partial charge in [0.15, 0.2) is 0 Å². The molecule has 1 aromatic heterocycles. The third-order valence-corrected chi connectivity index (χ3v) is 3.03. The first kappa shape index (κ1) is 17.4. The SMILES string of the molecule is CC(C)CN(CC(C)C)C(=O)c1cc([N+](=O)[O-])cnc1Cl. The highest BCUT2D eigenvalue weighted by molar-refractivity contribution is 6.32. The molecule has 0 atom stereocenters. The summed E-state index contributed by atoms with van der Waals surface area (Å²) in [6, 6.07) is 1.19. The number of carbonyl (C=O) groups excluding carboxylic acids is 1. The van der Waals surface area contributed by atoms with Gasteiger partial charge in [0.2, 0.25) is 0 Å². The zero-order valence-electron chi connectivity index (χ0n) is 12.7. The summed E-state index contributed by atoms with van der Waals surface area (Å²) >= 11 is 5.93. The Kier molecular flexibility index (Phi) is 6.08. The molecule has 116 valence electrons. The van der Waals surface area contributed by atoms with E-state index >= 15 is 0 Å². The van der Waals surface area contributed by atoms with Crippen LogP contribution in [0.25, 0.3) is 0 Å². The van der Waals surface area contributed by atoms with Crippen molar-refractivity contribution in [3.63, 3.8) is 0 Å². The lowest BCUT2D eigenvalue weighted by Crippen LogP contribution is -2.37. The van der Waals surface area contributed by atoms with Gasteiger partial charge in [-0.25, -0.2) is 4.98 Å². The molecule has 21 heavy (non-hydrogen) atoms. The van der Waals surface area contributed by atoms with Crippen molar-refractivity contribution in [1.29, 1.82) is 0 Å². The van der Waals surface area contributed by atoms with Gasteiger partial charge in [-0.1, -0.05) is 39.3 Å². The van der Waals surface area contributed by atoms with Crippen LogP contribution in [-0.4, -0.2) is 33.8 Å². The van der Waals surface area contributed by atoms with Crippen molar-refractivity contribution < 1.29 is 9.72 Å². The van der Waals surface area contributed by atoms with Crippen LogP contribution in [0.2, 0.25) is 5.15 Å². The summed E-state index contributed by atoms with van der Waals surface area (Å²) in [6.45, 7) is 9.16. The molecule has 6 nitrogen and oxygen atoms in total. The lowest BCUT2D eigenvalue weighted by molar-refractivity contribution is -0.385. The van der Waals surface area contributed by atoms with Crippen molar-refractivity contribution in [3.8, 4) is 0 Å². The smallest absolute Gasteiger partial charge is 0.288 e. The van der Waals surface area contributed by atoms with Crippen LogP contribution < -0.4 is 0 Å². The molecule has 1 aromatic rings. The van der Waals surface area contributed by atoms with Crippen molar-refractivity contribution in [2.45, 2.75) is 27.7 Å². The Morgan fingerprint density at radius 2 is 1.86 bits per heavy atom. The third kappa shape index (κ3) is 4.97. The molecule has 0 aromatic carbocycles. The van der Waals surface area contributed by atoms with Crippen molar-refractivity contribution in [2.24, 2.45) is 11.8 Å². The number of nitrogens with zero attached hydrogens (tertiary/aromatic N) is 3. The molecule has 1 rings (SSSR count). The molecule has 0 radical (unpaired) electrons. The van der Waals surface area contributed by atoms with Gasteiger partial charge in [0, 0.05) is 19.2 Å². The molecule has 0 aliphatic heterocycles. The van der Waals surface area contributed by atoms with Crippen LogP contribution in [0.5, 0.6) is 0 Å². The van der Waals surface area contributed by atoms with Gasteiger partial charge in [0.25, 0.3) is 11.6 Å². The summed E-state index contributed by atoms with van der Waals surface area (Å²) in [5, 5.41) is 10.8. The Hall–Kier alpha value is -1.69. The van der Waals surface area contributed by atoms with Gasteiger partial charge in [0.1, 0.15) is 11.3 Å². The minimum Gasteiger partial charge on any atom is -0.338 e. The van der Waals surface area contributed by atoms with E-state index in [1.54, 1.807) is 4.90 Å². The Morgan fingerprint density at radius 1 is 1.33 bits per heavy atom. The van der Waals surface area contributed by atoms with Crippen molar-refractivity contribution in [3.05, 3.63) is 33.1 Å². The van der Waals surface area contributed by atoms with E-state index in [0.717, 1.165) is 6.20 Å². The standard InChI is InChI=1S/C14H20ClN3O3/c1-9(2)7-17(8-10(3)4)14(19)12-5-11(18(20)21)6-16-13(12)15/h5-6,9-10H,7-8H2,1-4H3. The number of rotatable bonds is 6. The zero-order chi connectivity index (χ0) is 16.2. The van der Waals surface area contributed by atoms with Crippen LogP contribution in [0.3, 0.4) is 0 Å². The first-order valence-electron chi connectivity index (χ1n) is 6.81. The molecule has 0 bridgehead atoms. The first-order valence-corrected chi connectivity index (χ1v) is 7.19. The maximum absolute atomic E-state index is 12.6. The van der Waals surface area contributed by atoms with Crippen LogP contribution in [0, 0.1) is 22.0 Å². The number of nitro groups is 1. The molecule has 0 N–H and O–H groups in total. The predicted octanol–water partition coefficient (Wildman–Crippen LogP) is 3.40. The molecule has 1 heterocycles. The van der Waals surface area contributed by atoms with Crippen molar-refractivity contribution >= 4 is 23.2 Å². The number of hydrogen-bond acceptors (Lipinski definition) is 4. The number of halogens is 1. The van der Waals surface area contributed by atoms with Gasteiger partial charge in [-0.2, -0.15) is 0 Å². The molecule has 0 spiro atoms. The van der Waals surface area contributed by atoms with Gasteiger partial charge in [-0.05, 0) is 11.8 Å². The molecule has 0 aliphatic rings. The summed E-state index contributed by atoms with van der Waals surface area (Å²) in [7, 11) is 0. The van der Waals surface area contributed by atoms with E-state index < -0.39 is 4.92 Å². The summed E-state index contributed by atoms with van der Waals surface area (Å²) < 4.78 is 0. The second kappa shape index (κ2) is 7.36. The molecular weight excluding hydrogens is 294 g/mol. The average molecular weight is 314 g/mol. The molecule has 0 unspecified atom stereocenters. The highest BCUT2D eigenvalue weighted by atomic mass is 35.5. The molecule has 1 amide bonds. The molecule has 7 heteroatoms. The molecular formula is C14H20ClN3O3. The van der Waals surface area contributed by atoms with E-state index in [1.165, 1.54) is 6.07 Å². The second-order valence-electron chi connectivity index (χ2n) is 5.79. The van der Waals surface area contributed by atoms with Gasteiger partial charge < -0.3 is 4.90 Å². The average Bonchev–Trinajstić information content (AvgIpc) is 2.36. The van der Waals surface area contributed by atoms with Crippen LogP contribution in [-0.2, 0) is 0 Å². The lowest BCUT2D eigenvalue weighted by atomic mass is 10.1. The monoisotopic (exact) mass is 313 g/mol. The first-order chi connectivity index (χ1) is 9.72. The zero-order valence-corrected chi connectivity index (χ0v) is 13.4. The second-order valence-corrected chi connectivity index (χ2v) is 6.14. The molecule has 0 aliphatic carbocycles. The number of hydrogen-bond donors (Lipinski definition) is 0. The minimum atomic E-state index is -0.588. The maximum atomic E-state index is 12.6. The van der Waals surface area contributed by atoms with Crippen molar-refractivity contribution in [2.75, 3.05) is 13.1 Å². The van der Waals surface area contributed by atoms with E-state index in [4.69, 9.17) is 11.6 Å². The van der Waals surface area contributed by atoms with Crippen LogP contribution >= 0.6 is 11.6 Å². The van der Waals surface area contributed by atoms with E-state index in [0.29, 0.717) is 13.1 Å². The Morgan fingerprint density at radius 3 is 2.29 bits per heavy atom. The topological polar surface area (TPSA) is 76.3 Å². The van der Waals surface area contributed by atoms with E-state index in [9.17, 15) is 14.9 Å². The van der Waals surface area contributed by atoms with E-state index in [2.05, 4.69) is 4.98 Å². The minimum absolute atomic E-state index is 0.0110. The fourth-order valence-electron chi connectivity index (χ4n) is 1.98. The van der Waals surface area contributed by atoms with Gasteiger partial charge in [-0.15, -0.1) is 0 Å². The normalized spacial score (nSPS) is 11.0. The number of pyridine rings is 1. The summed E-state index contributed by atoms with van der Waals surface area (Å²) in [4.78, 5) is 28.2. The van der Waals surface area contributed by atoms with E-state index in [1.807, 2.05) is 27.7 Å². The fraction of sp³-hybridized carbons (Fsp3) is 0.571. The Balaban J connectivity index is 3.12. The van der Waals surface area contributed by atoms with Crippen LogP contribution in [0.4, 0.5) is 5.69 Å².